The number of halogens is 1. The van der Waals surface area contributed by atoms with Gasteiger partial charge in [0.15, 0.2) is 11.6 Å². The maximum atomic E-state index is 14.1. The first-order valence-corrected chi connectivity index (χ1v) is 8.49. The molecule has 0 aliphatic rings. The van der Waals surface area contributed by atoms with Crippen molar-refractivity contribution in [3.63, 3.8) is 0 Å². The van der Waals surface area contributed by atoms with Gasteiger partial charge < -0.3 is 9.47 Å². The van der Waals surface area contributed by atoms with Crippen LogP contribution in [-0.2, 0) is 9.59 Å². The van der Waals surface area contributed by atoms with Crippen LogP contribution in [0.15, 0.2) is 79.4 Å². The SMILES string of the molecule is C=CC(=O)Oc1ccc(-c2ccc(-c3ccc(OC(C)=O)c(F)c3)cc2)cc1. The second kappa shape index (κ2) is 8.31. The van der Waals surface area contributed by atoms with Gasteiger partial charge >= 0.3 is 11.9 Å². The zero-order valence-electron chi connectivity index (χ0n) is 15.1. The van der Waals surface area contributed by atoms with Crippen molar-refractivity contribution in [2.75, 3.05) is 0 Å². The van der Waals surface area contributed by atoms with Crippen LogP contribution < -0.4 is 9.47 Å². The van der Waals surface area contributed by atoms with Crippen molar-refractivity contribution >= 4 is 11.9 Å². The number of hydrogen-bond acceptors (Lipinski definition) is 4. The zero-order chi connectivity index (χ0) is 20.1. The summed E-state index contributed by atoms with van der Waals surface area (Å²) in [5.74, 6) is -1.33. The van der Waals surface area contributed by atoms with E-state index in [1.807, 2.05) is 36.4 Å². The molecule has 5 heteroatoms. The lowest BCUT2D eigenvalue weighted by atomic mass is 10.00. The van der Waals surface area contributed by atoms with Crippen LogP contribution in [0.3, 0.4) is 0 Å². The van der Waals surface area contributed by atoms with Gasteiger partial charge in [0.1, 0.15) is 5.75 Å². The van der Waals surface area contributed by atoms with Gasteiger partial charge in [0, 0.05) is 13.0 Å². The molecule has 4 nitrogen and oxygen atoms in total. The molecule has 3 rings (SSSR count). The predicted molar refractivity (Wildman–Crippen MR) is 104 cm³/mol. The van der Waals surface area contributed by atoms with E-state index in [2.05, 4.69) is 6.58 Å². The van der Waals surface area contributed by atoms with Crippen molar-refractivity contribution in [2.24, 2.45) is 0 Å². The molecule has 140 valence electrons. The number of rotatable bonds is 5. The predicted octanol–water partition coefficient (Wildman–Crippen LogP) is 5.18. The van der Waals surface area contributed by atoms with Crippen molar-refractivity contribution in [1.29, 1.82) is 0 Å². The van der Waals surface area contributed by atoms with Crippen LogP contribution in [0.2, 0.25) is 0 Å². The standard InChI is InChI=1S/C23H17FO4/c1-3-23(26)28-20-11-8-17(9-12-20)16-4-6-18(7-5-16)19-10-13-22(21(24)14-19)27-15(2)25/h3-14H,1H2,2H3. The summed E-state index contributed by atoms with van der Waals surface area (Å²) >= 11 is 0. The molecule has 0 aliphatic carbocycles. The Labute approximate surface area is 161 Å². The molecule has 0 bridgehead atoms. The summed E-state index contributed by atoms with van der Waals surface area (Å²) in [5.41, 5.74) is 3.41. The lowest BCUT2D eigenvalue weighted by Crippen LogP contribution is -2.03. The Morgan fingerprint density at radius 2 is 1.32 bits per heavy atom. The fourth-order valence-corrected chi connectivity index (χ4v) is 2.65. The van der Waals surface area contributed by atoms with Crippen molar-refractivity contribution in [2.45, 2.75) is 6.92 Å². The third-order valence-electron chi connectivity index (χ3n) is 3.98. The van der Waals surface area contributed by atoms with Gasteiger partial charge in [-0.25, -0.2) is 9.18 Å². The molecular formula is C23H17FO4. The third kappa shape index (κ3) is 4.51. The van der Waals surface area contributed by atoms with Gasteiger partial charge in [0.05, 0.1) is 0 Å². The van der Waals surface area contributed by atoms with Gasteiger partial charge in [0.2, 0.25) is 0 Å². The van der Waals surface area contributed by atoms with E-state index in [0.29, 0.717) is 11.3 Å². The highest BCUT2D eigenvalue weighted by Crippen LogP contribution is 2.29. The summed E-state index contributed by atoms with van der Waals surface area (Å²) in [4.78, 5) is 22.2. The summed E-state index contributed by atoms with van der Waals surface area (Å²) in [5, 5.41) is 0. The average molecular weight is 376 g/mol. The molecule has 0 unspecified atom stereocenters. The molecule has 0 fully saturated rings. The lowest BCUT2D eigenvalue weighted by molar-refractivity contribution is -0.132. The van der Waals surface area contributed by atoms with E-state index in [9.17, 15) is 14.0 Å². The molecule has 0 saturated carbocycles. The molecule has 0 heterocycles. The Morgan fingerprint density at radius 3 is 1.82 bits per heavy atom. The first-order valence-electron chi connectivity index (χ1n) is 8.49. The summed E-state index contributed by atoms with van der Waals surface area (Å²) in [7, 11) is 0. The van der Waals surface area contributed by atoms with Crippen LogP contribution in [0.25, 0.3) is 22.3 Å². The van der Waals surface area contributed by atoms with Crippen LogP contribution in [0.4, 0.5) is 4.39 Å². The highest BCUT2D eigenvalue weighted by Gasteiger charge is 2.09. The highest BCUT2D eigenvalue weighted by atomic mass is 19.1. The molecule has 0 spiro atoms. The Bertz CT molecular complexity index is 1020. The normalized spacial score (nSPS) is 10.2. The molecule has 28 heavy (non-hydrogen) atoms. The second-order valence-corrected chi connectivity index (χ2v) is 5.97. The lowest BCUT2D eigenvalue weighted by Gasteiger charge is -2.08. The molecular weight excluding hydrogens is 359 g/mol. The smallest absolute Gasteiger partial charge is 0.335 e. The highest BCUT2D eigenvalue weighted by molar-refractivity contribution is 5.83. The summed E-state index contributed by atoms with van der Waals surface area (Å²) in [6, 6.07) is 19.1. The molecule has 0 N–H and O–H groups in total. The maximum absolute atomic E-state index is 14.1. The summed E-state index contributed by atoms with van der Waals surface area (Å²) < 4.78 is 23.9. The van der Waals surface area contributed by atoms with Gasteiger partial charge in [-0.2, -0.15) is 0 Å². The van der Waals surface area contributed by atoms with Gasteiger partial charge in [-0.05, 0) is 46.5 Å². The Kier molecular flexibility index (Phi) is 5.65. The third-order valence-corrected chi connectivity index (χ3v) is 3.98. The van der Waals surface area contributed by atoms with E-state index in [1.54, 1.807) is 18.2 Å². The Balaban J connectivity index is 1.78. The van der Waals surface area contributed by atoms with Crippen molar-refractivity contribution in [3.8, 4) is 33.8 Å². The molecule has 3 aromatic rings. The van der Waals surface area contributed by atoms with E-state index in [1.165, 1.54) is 19.1 Å². The van der Waals surface area contributed by atoms with Crippen molar-refractivity contribution in [1.82, 2.24) is 0 Å². The Hall–Kier alpha value is -3.73. The zero-order valence-corrected chi connectivity index (χ0v) is 15.1. The summed E-state index contributed by atoms with van der Waals surface area (Å²) in [6.07, 6.45) is 1.11. The average Bonchev–Trinajstić information content (AvgIpc) is 2.70. The maximum Gasteiger partial charge on any atom is 0.335 e. The van der Waals surface area contributed by atoms with Gasteiger partial charge in [-0.3, -0.25) is 4.79 Å². The molecule has 0 radical (unpaired) electrons. The van der Waals surface area contributed by atoms with E-state index >= 15 is 0 Å². The molecule has 0 amide bonds. The van der Waals surface area contributed by atoms with Gasteiger partial charge in [-0.1, -0.05) is 49.0 Å². The van der Waals surface area contributed by atoms with E-state index in [0.717, 1.165) is 22.8 Å². The number of esters is 2. The van der Waals surface area contributed by atoms with Crippen LogP contribution in [0, 0.1) is 5.82 Å². The molecule has 0 saturated heterocycles. The van der Waals surface area contributed by atoms with Crippen LogP contribution >= 0.6 is 0 Å². The van der Waals surface area contributed by atoms with Crippen LogP contribution in [-0.4, -0.2) is 11.9 Å². The Morgan fingerprint density at radius 1 is 0.821 bits per heavy atom. The largest absolute Gasteiger partial charge is 0.424 e. The van der Waals surface area contributed by atoms with E-state index < -0.39 is 17.8 Å². The fraction of sp³-hybridized carbons (Fsp3) is 0.0435. The number of benzene rings is 3. The fourth-order valence-electron chi connectivity index (χ4n) is 2.65. The van der Waals surface area contributed by atoms with E-state index in [-0.39, 0.29) is 5.75 Å². The summed E-state index contributed by atoms with van der Waals surface area (Å²) in [6.45, 7) is 4.58. The minimum Gasteiger partial charge on any atom is -0.424 e. The quantitative estimate of drug-likeness (QED) is 0.350. The second-order valence-electron chi connectivity index (χ2n) is 5.97. The van der Waals surface area contributed by atoms with Crippen molar-refractivity contribution < 1.29 is 23.5 Å². The molecule has 0 atom stereocenters. The minimum absolute atomic E-state index is 0.0925. The number of carbonyl (C=O) groups excluding carboxylic acids is 2. The number of ether oxygens (including phenoxy) is 2. The number of hydrogen-bond donors (Lipinski definition) is 0. The van der Waals surface area contributed by atoms with Crippen LogP contribution in [0.1, 0.15) is 6.92 Å². The monoisotopic (exact) mass is 376 g/mol. The first-order chi connectivity index (χ1) is 13.5. The number of carbonyl (C=O) groups is 2. The van der Waals surface area contributed by atoms with Gasteiger partial charge in [-0.15, -0.1) is 0 Å². The molecule has 3 aromatic carbocycles. The van der Waals surface area contributed by atoms with E-state index in [4.69, 9.17) is 9.47 Å². The molecule has 0 aliphatic heterocycles. The van der Waals surface area contributed by atoms with Gasteiger partial charge in [0.25, 0.3) is 0 Å². The molecule has 0 aromatic heterocycles. The first kappa shape index (κ1) is 19.0. The van der Waals surface area contributed by atoms with Crippen LogP contribution in [0.5, 0.6) is 11.5 Å². The topological polar surface area (TPSA) is 52.6 Å². The van der Waals surface area contributed by atoms with Crippen molar-refractivity contribution in [3.05, 3.63) is 85.2 Å². The minimum atomic E-state index is -0.596.